The summed E-state index contributed by atoms with van der Waals surface area (Å²) in [6.45, 7) is 0.177. The summed E-state index contributed by atoms with van der Waals surface area (Å²) in [5.74, 6) is -1.11. The summed E-state index contributed by atoms with van der Waals surface area (Å²) in [7, 11) is -3.64. The molecule has 0 saturated carbocycles. The zero-order chi connectivity index (χ0) is 13.6. The number of benzene rings is 1. The monoisotopic (exact) mass is 268 g/mol. The van der Waals surface area contributed by atoms with Gasteiger partial charge >= 0.3 is 5.97 Å². The molecule has 0 aromatic heterocycles. The number of hydrogen-bond donors (Lipinski definition) is 2. The molecular weight excluding hydrogens is 256 g/mol. The molecule has 1 rings (SSSR count). The Kier molecular flexibility index (Phi) is 4.83. The molecule has 96 valence electrons. The SMILES string of the molecule is N#CCCCNS(=O)(=O)c1ccc(C(=O)O)cc1. The van der Waals surface area contributed by atoms with Gasteiger partial charge in [0, 0.05) is 13.0 Å². The molecule has 0 amide bonds. The van der Waals surface area contributed by atoms with Gasteiger partial charge in [0.15, 0.2) is 0 Å². The van der Waals surface area contributed by atoms with Crippen molar-refractivity contribution in [2.75, 3.05) is 6.54 Å². The van der Waals surface area contributed by atoms with Gasteiger partial charge in [-0.25, -0.2) is 17.9 Å². The van der Waals surface area contributed by atoms with E-state index in [9.17, 15) is 13.2 Å². The Labute approximate surface area is 105 Å². The van der Waals surface area contributed by atoms with E-state index in [4.69, 9.17) is 10.4 Å². The topological polar surface area (TPSA) is 107 Å². The Morgan fingerprint density at radius 2 is 1.94 bits per heavy atom. The summed E-state index contributed by atoms with van der Waals surface area (Å²) in [5, 5.41) is 17.0. The number of nitriles is 1. The van der Waals surface area contributed by atoms with Crippen LogP contribution in [0, 0.1) is 11.3 Å². The fourth-order valence-electron chi connectivity index (χ4n) is 1.23. The van der Waals surface area contributed by atoms with Crippen LogP contribution in [0.15, 0.2) is 29.2 Å². The van der Waals surface area contributed by atoms with Crippen LogP contribution in [0.3, 0.4) is 0 Å². The van der Waals surface area contributed by atoms with Crippen molar-refractivity contribution in [2.45, 2.75) is 17.7 Å². The molecule has 0 bridgehead atoms. The van der Waals surface area contributed by atoms with Gasteiger partial charge in [0.05, 0.1) is 16.5 Å². The average molecular weight is 268 g/mol. The lowest BCUT2D eigenvalue weighted by Crippen LogP contribution is -2.24. The first-order valence-electron chi connectivity index (χ1n) is 5.17. The molecule has 0 saturated heterocycles. The normalized spacial score (nSPS) is 10.8. The van der Waals surface area contributed by atoms with E-state index in [-0.39, 0.29) is 23.4 Å². The largest absolute Gasteiger partial charge is 0.478 e. The third-order valence-electron chi connectivity index (χ3n) is 2.17. The highest BCUT2D eigenvalue weighted by Gasteiger charge is 2.13. The maximum atomic E-state index is 11.7. The Balaban J connectivity index is 2.73. The number of carboxylic acid groups (broad SMARTS) is 1. The molecule has 1 aromatic carbocycles. The predicted octanol–water partition coefficient (Wildman–Crippen LogP) is 0.967. The Bertz CT molecular complexity index is 558. The van der Waals surface area contributed by atoms with Gasteiger partial charge in [-0.15, -0.1) is 0 Å². The van der Waals surface area contributed by atoms with Crippen LogP contribution >= 0.6 is 0 Å². The Morgan fingerprint density at radius 1 is 1.33 bits per heavy atom. The van der Waals surface area contributed by atoms with Crippen LogP contribution in [0.25, 0.3) is 0 Å². The second-order valence-electron chi connectivity index (χ2n) is 3.49. The molecule has 2 N–H and O–H groups in total. The molecule has 0 aliphatic carbocycles. The Morgan fingerprint density at radius 3 is 2.44 bits per heavy atom. The van der Waals surface area contributed by atoms with Gasteiger partial charge in [0.25, 0.3) is 0 Å². The van der Waals surface area contributed by atoms with E-state index in [1.54, 1.807) is 0 Å². The van der Waals surface area contributed by atoms with E-state index in [2.05, 4.69) is 4.72 Å². The summed E-state index contributed by atoms with van der Waals surface area (Å²) in [6, 6.07) is 6.83. The van der Waals surface area contributed by atoms with Crippen LogP contribution < -0.4 is 4.72 Å². The van der Waals surface area contributed by atoms with Crippen molar-refractivity contribution in [3.63, 3.8) is 0 Å². The predicted molar refractivity (Wildman–Crippen MR) is 63.4 cm³/mol. The van der Waals surface area contributed by atoms with Crippen LogP contribution in [0.1, 0.15) is 23.2 Å². The molecule has 0 radical (unpaired) electrons. The lowest BCUT2D eigenvalue weighted by Gasteiger charge is -2.05. The molecule has 7 heteroatoms. The molecule has 6 nitrogen and oxygen atoms in total. The highest BCUT2D eigenvalue weighted by Crippen LogP contribution is 2.10. The van der Waals surface area contributed by atoms with Gasteiger partial charge in [-0.2, -0.15) is 5.26 Å². The number of unbranched alkanes of at least 4 members (excludes halogenated alkanes) is 1. The smallest absolute Gasteiger partial charge is 0.335 e. The van der Waals surface area contributed by atoms with Gasteiger partial charge in [-0.1, -0.05) is 0 Å². The summed E-state index contributed by atoms with van der Waals surface area (Å²) in [6.07, 6.45) is 0.712. The van der Waals surface area contributed by atoms with Crippen LogP contribution in [0.5, 0.6) is 0 Å². The zero-order valence-electron chi connectivity index (χ0n) is 9.46. The molecule has 1 aromatic rings. The number of aromatic carboxylic acids is 1. The maximum Gasteiger partial charge on any atom is 0.335 e. The highest BCUT2D eigenvalue weighted by atomic mass is 32.2. The minimum atomic E-state index is -3.64. The van der Waals surface area contributed by atoms with Crippen molar-refractivity contribution in [2.24, 2.45) is 0 Å². The first-order valence-corrected chi connectivity index (χ1v) is 6.65. The zero-order valence-corrected chi connectivity index (χ0v) is 10.3. The van der Waals surface area contributed by atoms with E-state index >= 15 is 0 Å². The Hall–Kier alpha value is -1.91. The number of sulfonamides is 1. The van der Waals surface area contributed by atoms with E-state index in [1.807, 2.05) is 6.07 Å². The van der Waals surface area contributed by atoms with Crippen LogP contribution in [0.2, 0.25) is 0 Å². The number of carbonyl (C=O) groups is 1. The molecule has 0 fully saturated rings. The van der Waals surface area contributed by atoms with Gasteiger partial charge in [-0.05, 0) is 30.7 Å². The summed E-state index contributed by atoms with van der Waals surface area (Å²) < 4.78 is 25.8. The molecule has 0 aliphatic heterocycles. The van der Waals surface area contributed by atoms with Gasteiger partial charge in [0.1, 0.15) is 0 Å². The average Bonchev–Trinajstić information content (AvgIpc) is 2.35. The molecule has 0 spiro atoms. The maximum absolute atomic E-state index is 11.7. The van der Waals surface area contributed by atoms with Crippen LogP contribution in [0.4, 0.5) is 0 Å². The standard InChI is InChI=1S/C11H12N2O4S/c12-7-1-2-8-13-18(16,17)10-5-3-9(4-6-10)11(14)15/h3-6,13H,1-2,8H2,(H,14,15). The second-order valence-corrected chi connectivity index (χ2v) is 5.26. The van der Waals surface area contributed by atoms with Crippen molar-refractivity contribution < 1.29 is 18.3 Å². The molecule has 0 heterocycles. The lowest BCUT2D eigenvalue weighted by molar-refractivity contribution is 0.0696. The first-order chi connectivity index (χ1) is 8.47. The van der Waals surface area contributed by atoms with Crippen LogP contribution in [-0.2, 0) is 10.0 Å². The van der Waals surface area contributed by atoms with Crippen molar-refractivity contribution in [3.8, 4) is 6.07 Å². The van der Waals surface area contributed by atoms with Gasteiger partial charge in [0.2, 0.25) is 10.0 Å². The minimum Gasteiger partial charge on any atom is -0.478 e. The van der Waals surface area contributed by atoms with E-state index in [0.29, 0.717) is 6.42 Å². The van der Waals surface area contributed by atoms with E-state index in [1.165, 1.54) is 24.3 Å². The third-order valence-corrected chi connectivity index (χ3v) is 3.65. The quantitative estimate of drug-likeness (QED) is 0.747. The number of nitrogens with zero attached hydrogens (tertiary/aromatic N) is 1. The molecule has 0 atom stereocenters. The van der Waals surface area contributed by atoms with Crippen molar-refractivity contribution >= 4 is 16.0 Å². The van der Waals surface area contributed by atoms with Crippen molar-refractivity contribution in [3.05, 3.63) is 29.8 Å². The highest BCUT2D eigenvalue weighted by molar-refractivity contribution is 7.89. The van der Waals surface area contributed by atoms with Crippen LogP contribution in [-0.4, -0.2) is 26.0 Å². The van der Waals surface area contributed by atoms with E-state index in [0.717, 1.165) is 0 Å². The number of carboxylic acids is 1. The van der Waals surface area contributed by atoms with Gasteiger partial charge in [-0.3, -0.25) is 0 Å². The summed E-state index contributed by atoms with van der Waals surface area (Å²) >= 11 is 0. The summed E-state index contributed by atoms with van der Waals surface area (Å²) in [4.78, 5) is 10.6. The summed E-state index contributed by atoms with van der Waals surface area (Å²) in [5.41, 5.74) is 0.0263. The first kappa shape index (κ1) is 14.2. The molecule has 0 aliphatic rings. The number of rotatable bonds is 6. The van der Waals surface area contributed by atoms with Crippen molar-refractivity contribution in [1.29, 1.82) is 5.26 Å². The minimum absolute atomic E-state index is 0.00413. The van der Waals surface area contributed by atoms with Gasteiger partial charge < -0.3 is 5.11 Å². The molecule has 18 heavy (non-hydrogen) atoms. The third kappa shape index (κ3) is 3.84. The molecular formula is C11H12N2O4S. The second kappa shape index (κ2) is 6.14. The fraction of sp³-hybridized carbons (Fsp3) is 0.273. The molecule has 0 unspecified atom stereocenters. The number of nitrogens with one attached hydrogen (secondary N) is 1. The lowest BCUT2D eigenvalue weighted by atomic mass is 10.2. The van der Waals surface area contributed by atoms with E-state index < -0.39 is 16.0 Å². The van der Waals surface area contributed by atoms with Crippen molar-refractivity contribution in [1.82, 2.24) is 4.72 Å². The number of hydrogen-bond acceptors (Lipinski definition) is 4. The fourth-order valence-corrected chi connectivity index (χ4v) is 2.31.